The second-order valence-electron chi connectivity index (χ2n) is 6.73. The second-order valence-corrected chi connectivity index (χ2v) is 7.60. The summed E-state index contributed by atoms with van der Waals surface area (Å²) < 4.78 is 0. The van der Waals surface area contributed by atoms with E-state index < -0.39 is 0 Å². The van der Waals surface area contributed by atoms with Crippen LogP contribution in [0.1, 0.15) is 37.7 Å². The van der Waals surface area contributed by atoms with E-state index in [0.29, 0.717) is 21.9 Å². The van der Waals surface area contributed by atoms with Crippen molar-refractivity contribution in [3.8, 4) is 0 Å². The third kappa shape index (κ3) is 4.20. The molecule has 3 nitrogen and oxygen atoms in total. The Balaban J connectivity index is 1.53. The number of hydrogen-bond acceptors (Lipinski definition) is 2. The lowest BCUT2D eigenvalue weighted by Gasteiger charge is -2.32. The number of halogens is 2. The molecule has 1 N–H and O–H groups in total. The highest BCUT2D eigenvalue weighted by Crippen LogP contribution is 2.49. The van der Waals surface area contributed by atoms with Crippen molar-refractivity contribution in [2.45, 2.75) is 32.1 Å². The summed E-state index contributed by atoms with van der Waals surface area (Å²) in [4.78, 5) is 14.7. The number of benzene rings is 1. The van der Waals surface area contributed by atoms with Gasteiger partial charge in [-0.2, -0.15) is 0 Å². The van der Waals surface area contributed by atoms with E-state index in [0.717, 1.165) is 51.0 Å². The van der Waals surface area contributed by atoms with E-state index in [4.69, 9.17) is 23.2 Å². The number of carbonyl (C=O) groups is 1. The Bertz CT molecular complexity index is 550. The van der Waals surface area contributed by atoms with Crippen LogP contribution in [0.5, 0.6) is 0 Å². The van der Waals surface area contributed by atoms with Crippen LogP contribution in [0.15, 0.2) is 18.2 Å². The van der Waals surface area contributed by atoms with Crippen molar-refractivity contribution in [1.29, 1.82) is 0 Å². The minimum atomic E-state index is 0.120. The van der Waals surface area contributed by atoms with Crippen molar-refractivity contribution in [3.63, 3.8) is 0 Å². The summed E-state index contributed by atoms with van der Waals surface area (Å²) >= 11 is 12.1. The van der Waals surface area contributed by atoms with Gasteiger partial charge in [0.2, 0.25) is 5.91 Å². The fourth-order valence-electron chi connectivity index (χ4n) is 3.57. The van der Waals surface area contributed by atoms with Gasteiger partial charge in [-0.05, 0) is 68.0 Å². The number of rotatable bonds is 5. The molecule has 1 heterocycles. The molecule has 0 radical (unpaired) electrons. The zero-order valence-corrected chi connectivity index (χ0v) is 15.0. The average molecular weight is 355 g/mol. The number of nitrogens with zero attached hydrogens (tertiary/aromatic N) is 1. The monoisotopic (exact) mass is 354 g/mol. The van der Waals surface area contributed by atoms with Gasteiger partial charge in [0.15, 0.2) is 0 Å². The lowest BCUT2D eigenvalue weighted by molar-refractivity contribution is -0.134. The van der Waals surface area contributed by atoms with Crippen LogP contribution in [-0.4, -0.2) is 37.0 Å². The average Bonchev–Trinajstić information content (AvgIpc) is 3.32. The van der Waals surface area contributed by atoms with Gasteiger partial charge in [-0.1, -0.05) is 30.1 Å². The summed E-state index contributed by atoms with van der Waals surface area (Å²) in [6.07, 6.45) is 3.14. The standard InChI is InChI=1S/C18H24Cl2N2O/c1-2-21-11-12-3-5-22(6-4-12)18(23)17-10-16(17)13-7-14(19)9-15(20)8-13/h7-9,12,16-17,21H,2-6,10-11H2,1H3. The van der Waals surface area contributed by atoms with Gasteiger partial charge in [0.25, 0.3) is 0 Å². The Morgan fingerprint density at radius 1 is 1.22 bits per heavy atom. The number of nitrogens with one attached hydrogen (secondary N) is 1. The largest absolute Gasteiger partial charge is 0.342 e. The minimum Gasteiger partial charge on any atom is -0.342 e. The molecule has 2 unspecified atom stereocenters. The summed E-state index contributed by atoms with van der Waals surface area (Å²) in [5.41, 5.74) is 1.10. The van der Waals surface area contributed by atoms with Gasteiger partial charge in [0, 0.05) is 29.1 Å². The van der Waals surface area contributed by atoms with Crippen molar-refractivity contribution in [3.05, 3.63) is 33.8 Å². The van der Waals surface area contributed by atoms with Gasteiger partial charge in [-0.3, -0.25) is 4.79 Å². The highest BCUT2D eigenvalue weighted by Gasteiger charge is 2.46. The molecule has 1 aromatic rings. The molecule has 1 aliphatic heterocycles. The highest BCUT2D eigenvalue weighted by atomic mass is 35.5. The zero-order chi connectivity index (χ0) is 16.4. The lowest BCUT2D eigenvalue weighted by Crippen LogP contribution is -2.41. The summed E-state index contributed by atoms with van der Waals surface area (Å²) in [6.45, 7) is 6.02. The predicted molar refractivity (Wildman–Crippen MR) is 95.2 cm³/mol. The molecular weight excluding hydrogens is 331 g/mol. The quantitative estimate of drug-likeness (QED) is 0.868. The summed E-state index contributed by atoms with van der Waals surface area (Å²) in [7, 11) is 0. The molecule has 1 saturated carbocycles. The van der Waals surface area contributed by atoms with E-state index in [2.05, 4.69) is 17.1 Å². The van der Waals surface area contributed by atoms with E-state index in [9.17, 15) is 4.79 Å². The van der Waals surface area contributed by atoms with Crippen molar-refractivity contribution >= 4 is 29.1 Å². The molecule has 3 rings (SSSR count). The molecule has 0 spiro atoms. The van der Waals surface area contributed by atoms with Crippen LogP contribution in [0.25, 0.3) is 0 Å². The fraction of sp³-hybridized carbons (Fsp3) is 0.611. The van der Waals surface area contributed by atoms with Gasteiger partial charge in [0.05, 0.1) is 0 Å². The molecule has 1 amide bonds. The maximum atomic E-state index is 12.7. The Kier molecular flexibility index (Phi) is 5.50. The fourth-order valence-corrected chi connectivity index (χ4v) is 4.11. The van der Waals surface area contributed by atoms with Gasteiger partial charge < -0.3 is 10.2 Å². The molecule has 0 aromatic heterocycles. The minimum absolute atomic E-state index is 0.120. The highest BCUT2D eigenvalue weighted by molar-refractivity contribution is 6.34. The lowest BCUT2D eigenvalue weighted by atomic mass is 9.96. The number of piperidine rings is 1. The van der Waals surface area contributed by atoms with Gasteiger partial charge in [-0.15, -0.1) is 0 Å². The van der Waals surface area contributed by atoms with Gasteiger partial charge in [-0.25, -0.2) is 0 Å². The van der Waals surface area contributed by atoms with Crippen LogP contribution < -0.4 is 5.32 Å². The Morgan fingerprint density at radius 3 is 2.48 bits per heavy atom. The van der Waals surface area contributed by atoms with E-state index in [1.54, 1.807) is 6.07 Å². The zero-order valence-electron chi connectivity index (χ0n) is 13.5. The Hall–Kier alpha value is -0.770. The third-order valence-electron chi connectivity index (χ3n) is 5.03. The molecule has 5 heteroatoms. The Morgan fingerprint density at radius 2 is 1.87 bits per heavy atom. The van der Waals surface area contributed by atoms with E-state index in [1.807, 2.05) is 12.1 Å². The van der Waals surface area contributed by atoms with E-state index in [-0.39, 0.29) is 11.8 Å². The van der Waals surface area contributed by atoms with Crippen LogP contribution in [0.4, 0.5) is 0 Å². The van der Waals surface area contributed by atoms with Crippen molar-refractivity contribution < 1.29 is 4.79 Å². The van der Waals surface area contributed by atoms with Crippen molar-refractivity contribution in [2.75, 3.05) is 26.2 Å². The number of likely N-dealkylation sites (tertiary alicyclic amines) is 1. The molecule has 2 fully saturated rings. The smallest absolute Gasteiger partial charge is 0.226 e. The maximum absolute atomic E-state index is 12.7. The molecule has 2 atom stereocenters. The van der Waals surface area contributed by atoms with Gasteiger partial charge in [0.1, 0.15) is 0 Å². The Labute approximate surface area is 148 Å². The molecular formula is C18H24Cl2N2O. The molecule has 2 aliphatic rings. The van der Waals surface area contributed by atoms with Crippen LogP contribution in [0.3, 0.4) is 0 Å². The first-order valence-corrected chi connectivity index (χ1v) is 9.29. The molecule has 1 saturated heterocycles. The summed E-state index contributed by atoms with van der Waals surface area (Å²) in [5, 5.41) is 4.70. The third-order valence-corrected chi connectivity index (χ3v) is 5.47. The molecule has 23 heavy (non-hydrogen) atoms. The topological polar surface area (TPSA) is 32.3 Å². The van der Waals surface area contributed by atoms with Crippen LogP contribution >= 0.6 is 23.2 Å². The first kappa shape index (κ1) is 17.1. The molecule has 0 bridgehead atoms. The van der Waals surface area contributed by atoms with Crippen LogP contribution in [0.2, 0.25) is 10.0 Å². The predicted octanol–water partition coefficient (Wildman–Crippen LogP) is 3.95. The van der Waals surface area contributed by atoms with Crippen LogP contribution in [0, 0.1) is 11.8 Å². The number of amides is 1. The SMILES string of the molecule is CCNCC1CCN(C(=O)C2CC2c2cc(Cl)cc(Cl)c2)CC1. The molecule has 1 aromatic carbocycles. The molecule has 1 aliphatic carbocycles. The summed E-state index contributed by atoms with van der Waals surface area (Å²) in [6, 6.07) is 5.61. The van der Waals surface area contributed by atoms with Crippen LogP contribution in [-0.2, 0) is 4.79 Å². The first-order valence-electron chi connectivity index (χ1n) is 8.54. The van der Waals surface area contributed by atoms with Crippen molar-refractivity contribution in [1.82, 2.24) is 10.2 Å². The van der Waals surface area contributed by atoms with Crippen molar-refractivity contribution in [2.24, 2.45) is 11.8 Å². The van der Waals surface area contributed by atoms with E-state index >= 15 is 0 Å². The number of carbonyl (C=O) groups excluding carboxylic acids is 1. The first-order chi connectivity index (χ1) is 11.1. The second kappa shape index (κ2) is 7.42. The van der Waals surface area contributed by atoms with E-state index in [1.165, 1.54) is 0 Å². The van der Waals surface area contributed by atoms with Gasteiger partial charge >= 0.3 is 0 Å². The normalized spacial score (nSPS) is 24.7. The molecule has 126 valence electrons. The number of hydrogen-bond donors (Lipinski definition) is 1. The summed E-state index contributed by atoms with van der Waals surface area (Å²) in [5.74, 6) is 1.43. The maximum Gasteiger partial charge on any atom is 0.226 e.